The summed E-state index contributed by atoms with van der Waals surface area (Å²) < 4.78 is 0. The minimum Gasteiger partial charge on any atom is -0.348 e. The molecule has 0 atom stereocenters. The lowest BCUT2D eigenvalue weighted by Gasteiger charge is -2.08. The lowest BCUT2D eigenvalue weighted by molar-refractivity contribution is 0.0951. The number of thioether (sulfide) groups is 1. The van der Waals surface area contributed by atoms with E-state index in [1.165, 1.54) is 0 Å². The van der Waals surface area contributed by atoms with Gasteiger partial charge in [0.05, 0.1) is 5.02 Å². The number of hydrogen-bond donors (Lipinski definition) is 1. The van der Waals surface area contributed by atoms with Crippen LogP contribution in [0.1, 0.15) is 21.5 Å². The SMILES string of the molecule is O=C(NCc1cccnc1)c1cccc(CSc2cc(Cl)ccc2Cl)c1. The highest BCUT2D eigenvalue weighted by Gasteiger charge is 2.08. The van der Waals surface area contributed by atoms with Crippen molar-refractivity contribution in [2.24, 2.45) is 0 Å². The molecule has 0 aliphatic rings. The van der Waals surface area contributed by atoms with Gasteiger partial charge in [-0.25, -0.2) is 0 Å². The number of aromatic nitrogens is 1. The molecule has 26 heavy (non-hydrogen) atoms. The van der Waals surface area contributed by atoms with Crippen LogP contribution in [0.3, 0.4) is 0 Å². The Hall–Kier alpha value is -2.01. The predicted octanol–water partition coefficient (Wildman–Crippen LogP) is 5.61. The Morgan fingerprint density at radius 1 is 1.04 bits per heavy atom. The summed E-state index contributed by atoms with van der Waals surface area (Å²) in [4.78, 5) is 17.3. The van der Waals surface area contributed by atoms with Crippen LogP contribution in [0.4, 0.5) is 0 Å². The molecule has 3 aromatic rings. The van der Waals surface area contributed by atoms with Gasteiger partial charge in [0.2, 0.25) is 0 Å². The van der Waals surface area contributed by atoms with Crippen molar-refractivity contribution >= 4 is 40.9 Å². The number of benzene rings is 2. The Balaban J connectivity index is 1.62. The first-order chi connectivity index (χ1) is 12.6. The van der Waals surface area contributed by atoms with E-state index in [0.29, 0.717) is 27.9 Å². The van der Waals surface area contributed by atoms with Crippen molar-refractivity contribution in [3.8, 4) is 0 Å². The van der Waals surface area contributed by atoms with Crippen LogP contribution in [0.2, 0.25) is 10.0 Å². The molecule has 0 aliphatic carbocycles. The molecule has 0 radical (unpaired) electrons. The Bertz CT molecular complexity index is 903. The standard InChI is InChI=1S/C20H16Cl2N2OS/c21-17-6-7-18(22)19(10-17)26-13-14-3-1-5-16(9-14)20(25)24-12-15-4-2-8-23-11-15/h1-11H,12-13H2,(H,24,25). The van der Waals surface area contributed by atoms with Gasteiger partial charge in [-0.1, -0.05) is 41.4 Å². The van der Waals surface area contributed by atoms with Crippen molar-refractivity contribution in [3.05, 3.63) is 93.7 Å². The van der Waals surface area contributed by atoms with E-state index in [9.17, 15) is 4.79 Å². The zero-order chi connectivity index (χ0) is 18.4. The Kier molecular flexibility index (Phi) is 6.56. The van der Waals surface area contributed by atoms with Crippen LogP contribution >= 0.6 is 35.0 Å². The van der Waals surface area contributed by atoms with Crippen LogP contribution in [0, 0.1) is 0 Å². The summed E-state index contributed by atoms with van der Waals surface area (Å²) in [5.74, 6) is 0.588. The van der Waals surface area contributed by atoms with E-state index in [-0.39, 0.29) is 5.91 Å². The Morgan fingerprint density at radius 2 is 1.88 bits per heavy atom. The number of pyridine rings is 1. The van der Waals surface area contributed by atoms with Crippen molar-refractivity contribution < 1.29 is 4.79 Å². The van der Waals surface area contributed by atoms with Crippen molar-refractivity contribution in [1.82, 2.24) is 10.3 Å². The average molecular weight is 403 g/mol. The zero-order valence-electron chi connectivity index (χ0n) is 13.8. The van der Waals surface area contributed by atoms with Crippen molar-refractivity contribution in [3.63, 3.8) is 0 Å². The smallest absolute Gasteiger partial charge is 0.251 e. The summed E-state index contributed by atoms with van der Waals surface area (Å²) in [6.45, 7) is 0.448. The van der Waals surface area contributed by atoms with Gasteiger partial charge in [-0.2, -0.15) is 0 Å². The maximum atomic E-state index is 12.4. The molecular weight excluding hydrogens is 387 g/mol. The van der Waals surface area contributed by atoms with Crippen LogP contribution in [-0.2, 0) is 12.3 Å². The van der Waals surface area contributed by atoms with Crippen molar-refractivity contribution in [2.75, 3.05) is 0 Å². The first-order valence-electron chi connectivity index (χ1n) is 7.96. The van der Waals surface area contributed by atoms with Gasteiger partial charge < -0.3 is 5.32 Å². The molecule has 0 saturated carbocycles. The fourth-order valence-corrected chi connectivity index (χ4v) is 3.77. The minimum absolute atomic E-state index is 0.110. The highest BCUT2D eigenvalue weighted by Crippen LogP contribution is 2.32. The largest absolute Gasteiger partial charge is 0.348 e. The Labute approximate surface area is 166 Å². The number of nitrogens with one attached hydrogen (secondary N) is 1. The van der Waals surface area contributed by atoms with Gasteiger partial charge in [-0.05, 0) is 47.5 Å². The zero-order valence-corrected chi connectivity index (χ0v) is 16.1. The van der Waals surface area contributed by atoms with Gasteiger partial charge in [-0.15, -0.1) is 11.8 Å². The molecule has 0 bridgehead atoms. The normalized spacial score (nSPS) is 10.5. The van der Waals surface area contributed by atoms with E-state index in [4.69, 9.17) is 23.2 Å². The van der Waals surface area contributed by atoms with Crippen LogP contribution < -0.4 is 5.32 Å². The first kappa shape index (κ1) is 18.8. The van der Waals surface area contributed by atoms with Gasteiger partial charge in [0.15, 0.2) is 0 Å². The summed E-state index contributed by atoms with van der Waals surface area (Å²) in [5.41, 5.74) is 2.63. The maximum absolute atomic E-state index is 12.4. The summed E-state index contributed by atoms with van der Waals surface area (Å²) in [7, 11) is 0. The monoisotopic (exact) mass is 402 g/mol. The molecular formula is C20H16Cl2N2OS. The van der Waals surface area contributed by atoms with Crippen molar-refractivity contribution in [1.29, 1.82) is 0 Å². The van der Waals surface area contributed by atoms with Crippen LogP contribution in [0.5, 0.6) is 0 Å². The summed E-state index contributed by atoms with van der Waals surface area (Å²) in [5, 5.41) is 4.23. The fraction of sp³-hybridized carbons (Fsp3) is 0.100. The highest BCUT2D eigenvalue weighted by molar-refractivity contribution is 7.98. The average Bonchev–Trinajstić information content (AvgIpc) is 2.68. The molecule has 0 saturated heterocycles. The number of hydrogen-bond acceptors (Lipinski definition) is 3. The third kappa shape index (κ3) is 5.24. The molecule has 0 unspecified atom stereocenters. The topological polar surface area (TPSA) is 42.0 Å². The number of nitrogens with zero attached hydrogens (tertiary/aromatic N) is 1. The van der Waals surface area contributed by atoms with Gasteiger partial charge in [0.1, 0.15) is 0 Å². The van der Waals surface area contributed by atoms with E-state index in [1.807, 2.05) is 36.4 Å². The van der Waals surface area contributed by atoms with E-state index >= 15 is 0 Å². The second-order valence-corrected chi connectivity index (χ2v) is 7.47. The lowest BCUT2D eigenvalue weighted by atomic mass is 10.1. The summed E-state index contributed by atoms with van der Waals surface area (Å²) in [6, 6.07) is 16.7. The highest BCUT2D eigenvalue weighted by atomic mass is 35.5. The molecule has 0 aliphatic heterocycles. The van der Waals surface area contributed by atoms with E-state index in [1.54, 1.807) is 42.4 Å². The molecule has 0 spiro atoms. The third-order valence-electron chi connectivity index (χ3n) is 3.65. The Morgan fingerprint density at radius 3 is 2.69 bits per heavy atom. The van der Waals surface area contributed by atoms with Crippen LogP contribution in [0.15, 0.2) is 71.9 Å². The quantitative estimate of drug-likeness (QED) is 0.544. The lowest BCUT2D eigenvalue weighted by Crippen LogP contribution is -2.22. The first-order valence-corrected chi connectivity index (χ1v) is 9.70. The third-order valence-corrected chi connectivity index (χ3v) is 5.46. The molecule has 1 amide bonds. The van der Waals surface area contributed by atoms with E-state index in [0.717, 1.165) is 16.0 Å². The molecule has 1 heterocycles. The van der Waals surface area contributed by atoms with Gasteiger partial charge in [0, 0.05) is 40.2 Å². The summed E-state index contributed by atoms with van der Waals surface area (Å²) >= 11 is 13.8. The van der Waals surface area contributed by atoms with Gasteiger partial charge >= 0.3 is 0 Å². The number of rotatable bonds is 6. The van der Waals surface area contributed by atoms with Crippen LogP contribution in [0.25, 0.3) is 0 Å². The second-order valence-electron chi connectivity index (χ2n) is 5.61. The van der Waals surface area contributed by atoms with E-state index in [2.05, 4.69) is 10.3 Å². The number of carbonyl (C=O) groups is 1. The predicted molar refractivity (Wildman–Crippen MR) is 108 cm³/mol. The molecule has 1 aromatic heterocycles. The van der Waals surface area contributed by atoms with Crippen molar-refractivity contribution in [2.45, 2.75) is 17.2 Å². The molecule has 3 nitrogen and oxygen atoms in total. The summed E-state index contributed by atoms with van der Waals surface area (Å²) in [6.07, 6.45) is 3.45. The van der Waals surface area contributed by atoms with E-state index < -0.39 is 0 Å². The molecule has 0 fully saturated rings. The number of carbonyl (C=O) groups excluding carboxylic acids is 1. The molecule has 3 rings (SSSR count). The molecule has 6 heteroatoms. The minimum atomic E-state index is -0.110. The maximum Gasteiger partial charge on any atom is 0.251 e. The van der Waals surface area contributed by atoms with Crippen LogP contribution in [-0.4, -0.2) is 10.9 Å². The molecule has 1 N–H and O–H groups in total. The number of halogens is 2. The van der Waals surface area contributed by atoms with Gasteiger partial charge in [-0.3, -0.25) is 9.78 Å². The molecule has 132 valence electrons. The number of amides is 1. The van der Waals surface area contributed by atoms with Gasteiger partial charge in [0.25, 0.3) is 5.91 Å². The fourth-order valence-electron chi connectivity index (χ4n) is 2.34. The second kappa shape index (κ2) is 9.08. The molecule has 2 aromatic carbocycles.